The number of halogens is 1. The molecule has 0 unspecified atom stereocenters. The predicted octanol–water partition coefficient (Wildman–Crippen LogP) is 3.94. The molecule has 0 radical (unpaired) electrons. The second-order valence-electron chi connectivity index (χ2n) is 6.71. The van der Waals surface area contributed by atoms with Crippen molar-refractivity contribution in [1.82, 2.24) is 10.6 Å². The van der Waals surface area contributed by atoms with Crippen molar-refractivity contribution >= 4 is 27.7 Å². The molecule has 2 amide bonds. The Balaban J connectivity index is 1.52. The van der Waals surface area contributed by atoms with Gasteiger partial charge in [0.1, 0.15) is 0 Å². The SMILES string of the molecule is C[C@@H](NC(=O)CNC(=O)c1ccc(Br)cc1)c1ccc2c(c1)CCCC2. The third-order valence-electron chi connectivity index (χ3n) is 4.77. The van der Waals surface area contributed by atoms with Gasteiger partial charge in [0.05, 0.1) is 12.6 Å². The highest BCUT2D eigenvalue weighted by Gasteiger charge is 2.15. The fourth-order valence-corrected chi connectivity index (χ4v) is 3.53. The Labute approximate surface area is 162 Å². The molecule has 26 heavy (non-hydrogen) atoms. The Hall–Kier alpha value is -2.14. The van der Waals surface area contributed by atoms with Gasteiger partial charge >= 0.3 is 0 Å². The van der Waals surface area contributed by atoms with Crippen molar-refractivity contribution in [3.05, 3.63) is 69.2 Å². The molecule has 0 bridgehead atoms. The van der Waals surface area contributed by atoms with Crippen LogP contribution in [0.4, 0.5) is 0 Å². The van der Waals surface area contributed by atoms with Crippen LogP contribution in [0.2, 0.25) is 0 Å². The molecule has 0 saturated heterocycles. The molecule has 2 aromatic rings. The van der Waals surface area contributed by atoms with E-state index in [1.165, 1.54) is 24.0 Å². The molecule has 0 fully saturated rings. The van der Waals surface area contributed by atoms with Crippen molar-refractivity contribution in [2.75, 3.05) is 6.54 Å². The minimum Gasteiger partial charge on any atom is -0.348 e. The van der Waals surface area contributed by atoms with E-state index in [4.69, 9.17) is 0 Å². The molecule has 1 aliphatic carbocycles. The van der Waals surface area contributed by atoms with Crippen molar-refractivity contribution in [2.45, 2.75) is 38.6 Å². The number of aryl methyl sites for hydroxylation is 2. The summed E-state index contributed by atoms with van der Waals surface area (Å²) in [6.07, 6.45) is 4.77. The fourth-order valence-electron chi connectivity index (χ4n) is 3.26. The van der Waals surface area contributed by atoms with Crippen LogP contribution >= 0.6 is 15.9 Å². The highest BCUT2D eigenvalue weighted by Crippen LogP contribution is 2.24. The maximum Gasteiger partial charge on any atom is 0.251 e. The molecule has 0 heterocycles. The van der Waals surface area contributed by atoms with Crippen LogP contribution in [-0.4, -0.2) is 18.4 Å². The van der Waals surface area contributed by atoms with Gasteiger partial charge in [0.25, 0.3) is 5.91 Å². The largest absolute Gasteiger partial charge is 0.348 e. The van der Waals surface area contributed by atoms with E-state index in [0.29, 0.717) is 5.56 Å². The summed E-state index contributed by atoms with van der Waals surface area (Å²) in [5.74, 6) is -0.449. The number of carbonyl (C=O) groups excluding carboxylic acids is 2. The summed E-state index contributed by atoms with van der Waals surface area (Å²) in [6.45, 7) is 1.93. The zero-order valence-corrected chi connectivity index (χ0v) is 16.4. The molecule has 0 aliphatic heterocycles. The second-order valence-corrected chi connectivity index (χ2v) is 7.63. The first-order valence-corrected chi connectivity index (χ1v) is 9.77. The van der Waals surface area contributed by atoms with Gasteiger partial charge in [-0.05, 0) is 73.6 Å². The van der Waals surface area contributed by atoms with Crippen molar-refractivity contribution in [2.24, 2.45) is 0 Å². The summed E-state index contributed by atoms with van der Waals surface area (Å²) in [5, 5.41) is 5.62. The number of fused-ring (bicyclic) bond motifs is 1. The van der Waals surface area contributed by atoms with E-state index in [9.17, 15) is 9.59 Å². The van der Waals surface area contributed by atoms with Gasteiger partial charge in [0.2, 0.25) is 5.91 Å². The highest BCUT2D eigenvalue weighted by molar-refractivity contribution is 9.10. The molecule has 4 nitrogen and oxygen atoms in total. The normalized spacial score (nSPS) is 14.2. The molecular formula is C21H23BrN2O2. The van der Waals surface area contributed by atoms with Crippen LogP contribution in [0.25, 0.3) is 0 Å². The lowest BCUT2D eigenvalue weighted by molar-refractivity contribution is -0.120. The minimum absolute atomic E-state index is 0.0375. The molecule has 136 valence electrons. The quantitative estimate of drug-likeness (QED) is 0.778. The molecular weight excluding hydrogens is 392 g/mol. The number of carbonyl (C=O) groups is 2. The first-order valence-electron chi connectivity index (χ1n) is 8.98. The summed E-state index contributed by atoms with van der Waals surface area (Å²) in [5.41, 5.74) is 4.47. The molecule has 1 aliphatic rings. The summed E-state index contributed by atoms with van der Waals surface area (Å²) >= 11 is 3.33. The van der Waals surface area contributed by atoms with Crippen LogP contribution in [0.1, 0.15) is 52.9 Å². The van der Waals surface area contributed by atoms with Crippen molar-refractivity contribution in [1.29, 1.82) is 0 Å². The van der Waals surface area contributed by atoms with Crippen LogP contribution in [0.5, 0.6) is 0 Å². The van der Waals surface area contributed by atoms with Gasteiger partial charge in [-0.3, -0.25) is 9.59 Å². The standard InChI is InChI=1S/C21H23BrN2O2/c1-14(17-7-6-15-4-2-3-5-18(15)12-17)24-20(25)13-23-21(26)16-8-10-19(22)11-9-16/h6-12,14H,2-5,13H2,1H3,(H,23,26)(H,24,25)/t14-/m1/s1. The number of amides is 2. The van der Waals surface area contributed by atoms with E-state index in [-0.39, 0.29) is 24.4 Å². The van der Waals surface area contributed by atoms with Crippen molar-refractivity contribution in [3.8, 4) is 0 Å². The van der Waals surface area contributed by atoms with E-state index < -0.39 is 0 Å². The molecule has 0 saturated carbocycles. The average molecular weight is 415 g/mol. The Morgan fingerprint density at radius 2 is 1.73 bits per heavy atom. The van der Waals surface area contributed by atoms with Gasteiger partial charge in [-0.1, -0.05) is 34.1 Å². The van der Waals surface area contributed by atoms with Crippen molar-refractivity contribution in [3.63, 3.8) is 0 Å². The maximum atomic E-state index is 12.2. The smallest absolute Gasteiger partial charge is 0.251 e. The molecule has 2 N–H and O–H groups in total. The number of rotatable bonds is 5. The van der Waals surface area contributed by atoms with Crippen LogP contribution in [0.15, 0.2) is 46.9 Å². The Bertz CT molecular complexity index is 802. The summed E-state index contributed by atoms with van der Waals surface area (Å²) in [6, 6.07) is 13.4. The maximum absolute atomic E-state index is 12.2. The van der Waals surface area contributed by atoms with Gasteiger partial charge in [-0.15, -0.1) is 0 Å². The van der Waals surface area contributed by atoms with Gasteiger partial charge < -0.3 is 10.6 Å². The number of benzene rings is 2. The molecule has 1 atom stereocenters. The highest BCUT2D eigenvalue weighted by atomic mass is 79.9. The van der Waals surface area contributed by atoms with Crippen LogP contribution in [0.3, 0.4) is 0 Å². The van der Waals surface area contributed by atoms with Crippen LogP contribution in [-0.2, 0) is 17.6 Å². The fraction of sp³-hybridized carbons (Fsp3) is 0.333. The molecule has 3 rings (SSSR count). The molecule has 0 aromatic heterocycles. The third-order valence-corrected chi connectivity index (χ3v) is 5.29. The Kier molecular flexibility index (Phi) is 6.09. The van der Waals surface area contributed by atoms with E-state index in [2.05, 4.69) is 44.8 Å². The van der Waals surface area contributed by atoms with E-state index >= 15 is 0 Å². The van der Waals surface area contributed by atoms with Gasteiger partial charge in [-0.25, -0.2) is 0 Å². The van der Waals surface area contributed by atoms with Crippen LogP contribution in [0, 0.1) is 0 Å². The van der Waals surface area contributed by atoms with E-state index in [1.54, 1.807) is 24.3 Å². The first kappa shape index (κ1) is 18.6. The lowest BCUT2D eigenvalue weighted by Crippen LogP contribution is -2.38. The summed E-state index contributed by atoms with van der Waals surface area (Å²) < 4.78 is 0.908. The Morgan fingerprint density at radius 1 is 1.04 bits per heavy atom. The molecule has 5 heteroatoms. The molecule has 2 aromatic carbocycles. The Morgan fingerprint density at radius 3 is 2.46 bits per heavy atom. The van der Waals surface area contributed by atoms with Crippen molar-refractivity contribution < 1.29 is 9.59 Å². The third kappa shape index (κ3) is 4.73. The van der Waals surface area contributed by atoms with Gasteiger partial charge in [0, 0.05) is 10.0 Å². The lowest BCUT2D eigenvalue weighted by Gasteiger charge is -2.20. The van der Waals surface area contributed by atoms with Gasteiger partial charge in [-0.2, -0.15) is 0 Å². The van der Waals surface area contributed by atoms with Gasteiger partial charge in [0.15, 0.2) is 0 Å². The number of hydrogen-bond acceptors (Lipinski definition) is 2. The van der Waals surface area contributed by atoms with E-state index in [1.807, 2.05) is 6.92 Å². The minimum atomic E-state index is -0.255. The second kappa shape index (κ2) is 8.49. The monoisotopic (exact) mass is 414 g/mol. The number of hydrogen-bond donors (Lipinski definition) is 2. The average Bonchev–Trinajstić information content (AvgIpc) is 2.66. The zero-order chi connectivity index (χ0) is 18.5. The zero-order valence-electron chi connectivity index (χ0n) is 14.8. The van der Waals surface area contributed by atoms with E-state index in [0.717, 1.165) is 22.9 Å². The summed E-state index contributed by atoms with van der Waals surface area (Å²) in [4.78, 5) is 24.2. The van der Waals surface area contributed by atoms with Crippen LogP contribution < -0.4 is 10.6 Å². The summed E-state index contributed by atoms with van der Waals surface area (Å²) in [7, 11) is 0. The first-order chi connectivity index (χ1) is 12.5. The lowest BCUT2D eigenvalue weighted by atomic mass is 9.89. The topological polar surface area (TPSA) is 58.2 Å². The number of nitrogens with one attached hydrogen (secondary N) is 2. The molecule has 0 spiro atoms. The predicted molar refractivity (Wildman–Crippen MR) is 106 cm³/mol.